The first-order valence-corrected chi connectivity index (χ1v) is 6.16. The SMILES string of the molecule is C=C(c1ccc(C)cc1)c1ccc(C)cc1NC. The van der Waals surface area contributed by atoms with Crippen LogP contribution in [-0.2, 0) is 0 Å². The summed E-state index contributed by atoms with van der Waals surface area (Å²) in [4.78, 5) is 0. The highest BCUT2D eigenvalue weighted by molar-refractivity contribution is 5.85. The van der Waals surface area contributed by atoms with Crippen molar-refractivity contribution in [3.05, 3.63) is 71.3 Å². The van der Waals surface area contributed by atoms with E-state index in [1.54, 1.807) is 0 Å². The van der Waals surface area contributed by atoms with Crippen LogP contribution in [0.1, 0.15) is 22.3 Å². The van der Waals surface area contributed by atoms with E-state index >= 15 is 0 Å². The molecule has 0 saturated heterocycles. The lowest BCUT2D eigenvalue weighted by Gasteiger charge is -2.13. The zero-order chi connectivity index (χ0) is 13.1. The van der Waals surface area contributed by atoms with E-state index < -0.39 is 0 Å². The Kier molecular flexibility index (Phi) is 3.52. The van der Waals surface area contributed by atoms with Gasteiger partial charge < -0.3 is 5.32 Å². The minimum atomic E-state index is 1.05. The van der Waals surface area contributed by atoms with E-state index in [-0.39, 0.29) is 0 Å². The van der Waals surface area contributed by atoms with Crippen LogP contribution in [0.5, 0.6) is 0 Å². The van der Waals surface area contributed by atoms with Crippen molar-refractivity contribution in [2.24, 2.45) is 0 Å². The summed E-state index contributed by atoms with van der Waals surface area (Å²) in [5, 5.41) is 3.24. The number of anilines is 1. The summed E-state index contributed by atoms with van der Waals surface area (Å²) in [6, 6.07) is 14.9. The summed E-state index contributed by atoms with van der Waals surface area (Å²) < 4.78 is 0. The van der Waals surface area contributed by atoms with Crippen LogP contribution >= 0.6 is 0 Å². The molecule has 0 aliphatic rings. The summed E-state index contributed by atoms with van der Waals surface area (Å²) in [6.45, 7) is 8.41. The van der Waals surface area contributed by atoms with E-state index in [4.69, 9.17) is 0 Å². The maximum atomic E-state index is 4.22. The second-order valence-electron chi connectivity index (χ2n) is 4.64. The molecule has 1 nitrogen and oxygen atoms in total. The minimum Gasteiger partial charge on any atom is -0.388 e. The Bertz CT molecular complexity index is 565. The van der Waals surface area contributed by atoms with Crippen LogP contribution in [0.3, 0.4) is 0 Å². The number of nitrogens with one attached hydrogen (secondary N) is 1. The molecule has 0 radical (unpaired) electrons. The van der Waals surface area contributed by atoms with E-state index in [1.807, 2.05) is 7.05 Å². The van der Waals surface area contributed by atoms with Gasteiger partial charge in [0.1, 0.15) is 0 Å². The normalized spacial score (nSPS) is 10.2. The van der Waals surface area contributed by atoms with Crippen LogP contribution in [0.4, 0.5) is 5.69 Å². The lowest BCUT2D eigenvalue weighted by Crippen LogP contribution is -1.96. The number of hydrogen-bond donors (Lipinski definition) is 1. The molecule has 0 unspecified atom stereocenters. The summed E-state index contributed by atoms with van der Waals surface area (Å²) in [5.74, 6) is 0. The predicted molar refractivity (Wildman–Crippen MR) is 80.0 cm³/mol. The summed E-state index contributed by atoms with van der Waals surface area (Å²) in [7, 11) is 1.95. The van der Waals surface area contributed by atoms with Gasteiger partial charge in [0, 0.05) is 18.3 Å². The Morgan fingerprint density at radius 1 is 0.944 bits per heavy atom. The zero-order valence-electron chi connectivity index (χ0n) is 11.2. The quantitative estimate of drug-likeness (QED) is 0.834. The number of benzene rings is 2. The smallest absolute Gasteiger partial charge is 0.0419 e. The van der Waals surface area contributed by atoms with Gasteiger partial charge in [-0.15, -0.1) is 0 Å². The molecule has 0 aliphatic heterocycles. The van der Waals surface area contributed by atoms with Gasteiger partial charge in [-0.05, 0) is 36.6 Å². The fraction of sp³-hybridized carbons (Fsp3) is 0.176. The monoisotopic (exact) mass is 237 g/mol. The van der Waals surface area contributed by atoms with Gasteiger partial charge in [-0.3, -0.25) is 0 Å². The van der Waals surface area contributed by atoms with E-state index in [9.17, 15) is 0 Å². The molecule has 0 atom stereocenters. The highest BCUT2D eigenvalue weighted by atomic mass is 14.8. The predicted octanol–water partition coefficient (Wildman–Crippen LogP) is 4.41. The highest BCUT2D eigenvalue weighted by Crippen LogP contribution is 2.28. The second-order valence-corrected chi connectivity index (χ2v) is 4.64. The molecule has 2 aromatic rings. The molecule has 18 heavy (non-hydrogen) atoms. The van der Waals surface area contributed by atoms with Crippen molar-refractivity contribution in [1.29, 1.82) is 0 Å². The van der Waals surface area contributed by atoms with Crippen molar-refractivity contribution in [2.75, 3.05) is 12.4 Å². The van der Waals surface area contributed by atoms with Crippen LogP contribution in [-0.4, -0.2) is 7.05 Å². The van der Waals surface area contributed by atoms with Crippen LogP contribution in [0.2, 0.25) is 0 Å². The number of hydrogen-bond acceptors (Lipinski definition) is 1. The summed E-state index contributed by atoms with van der Waals surface area (Å²) >= 11 is 0. The van der Waals surface area contributed by atoms with E-state index in [0.717, 1.165) is 16.8 Å². The number of aryl methyl sites for hydroxylation is 2. The van der Waals surface area contributed by atoms with Crippen LogP contribution < -0.4 is 5.32 Å². The fourth-order valence-electron chi connectivity index (χ4n) is 2.04. The third-order valence-electron chi connectivity index (χ3n) is 3.17. The van der Waals surface area contributed by atoms with Gasteiger partial charge in [0.2, 0.25) is 0 Å². The molecule has 2 rings (SSSR count). The molecule has 0 heterocycles. The van der Waals surface area contributed by atoms with Crippen molar-refractivity contribution in [1.82, 2.24) is 0 Å². The van der Waals surface area contributed by atoms with Gasteiger partial charge in [0.05, 0.1) is 0 Å². The Hall–Kier alpha value is -2.02. The summed E-state index contributed by atoms with van der Waals surface area (Å²) in [6.07, 6.45) is 0. The van der Waals surface area contributed by atoms with Gasteiger partial charge in [0.25, 0.3) is 0 Å². The molecular weight excluding hydrogens is 218 g/mol. The highest BCUT2D eigenvalue weighted by Gasteiger charge is 2.07. The molecule has 0 spiro atoms. The van der Waals surface area contributed by atoms with Gasteiger partial charge in [-0.2, -0.15) is 0 Å². The van der Waals surface area contributed by atoms with Gasteiger partial charge >= 0.3 is 0 Å². The molecule has 0 saturated carbocycles. The van der Waals surface area contributed by atoms with Crippen molar-refractivity contribution < 1.29 is 0 Å². The van der Waals surface area contributed by atoms with Crippen LogP contribution in [0.25, 0.3) is 5.57 Å². The van der Waals surface area contributed by atoms with Gasteiger partial charge in [0.15, 0.2) is 0 Å². The van der Waals surface area contributed by atoms with Gasteiger partial charge in [-0.1, -0.05) is 48.5 Å². The third kappa shape index (κ3) is 2.45. The average Bonchev–Trinajstić information content (AvgIpc) is 2.38. The molecule has 0 amide bonds. The maximum absolute atomic E-state index is 4.22. The fourth-order valence-corrected chi connectivity index (χ4v) is 2.04. The average molecular weight is 237 g/mol. The molecule has 1 N–H and O–H groups in total. The molecule has 0 aromatic heterocycles. The number of rotatable bonds is 3. The Labute approximate surface area is 109 Å². The molecule has 2 aromatic carbocycles. The minimum absolute atomic E-state index is 1.05. The van der Waals surface area contributed by atoms with Crippen LogP contribution in [0, 0.1) is 13.8 Å². The lowest BCUT2D eigenvalue weighted by molar-refractivity contribution is 1.40. The lowest BCUT2D eigenvalue weighted by atomic mass is 9.96. The van der Waals surface area contributed by atoms with Crippen molar-refractivity contribution in [2.45, 2.75) is 13.8 Å². The third-order valence-corrected chi connectivity index (χ3v) is 3.17. The van der Waals surface area contributed by atoms with E-state index in [1.165, 1.54) is 16.7 Å². The van der Waals surface area contributed by atoms with Crippen LogP contribution in [0.15, 0.2) is 49.0 Å². The topological polar surface area (TPSA) is 12.0 Å². The summed E-state index contributed by atoms with van der Waals surface area (Å²) in [5.41, 5.74) is 7.02. The molecule has 0 fully saturated rings. The Morgan fingerprint density at radius 2 is 1.56 bits per heavy atom. The molecule has 1 heteroatoms. The van der Waals surface area contributed by atoms with Crippen molar-refractivity contribution >= 4 is 11.3 Å². The molecule has 0 bridgehead atoms. The first kappa shape index (κ1) is 12.4. The standard InChI is InChI=1S/C17H19N/c1-12-5-8-15(9-6-12)14(3)16-10-7-13(2)11-17(16)18-4/h5-11,18H,3H2,1-2,4H3. The van der Waals surface area contributed by atoms with E-state index in [0.29, 0.717) is 0 Å². The Balaban J connectivity index is 2.42. The second kappa shape index (κ2) is 5.09. The Morgan fingerprint density at radius 3 is 2.17 bits per heavy atom. The van der Waals surface area contributed by atoms with Crippen molar-refractivity contribution in [3.8, 4) is 0 Å². The maximum Gasteiger partial charge on any atom is 0.0419 e. The largest absolute Gasteiger partial charge is 0.388 e. The first-order valence-electron chi connectivity index (χ1n) is 6.16. The molecular formula is C17H19N. The molecule has 0 aliphatic carbocycles. The van der Waals surface area contributed by atoms with Gasteiger partial charge in [-0.25, -0.2) is 0 Å². The van der Waals surface area contributed by atoms with E-state index in [2.05, 4.69) is 68.2 Å². The molecule has 92 valence electrons. The first-order chi connectivity index (χ1) is 8.61. The van der Waals surface area contributed by atoms with Crippen molar-refractivity contribution in [3.63, 3.8) is 0 Å². The zero-order valence-corrected chi connectivity index (χ0v) is 11.2.